The van der Waals surface area contributed by atoms with Gasteiger partial charge in [0.05, 0.1) is 5.69 Å². The summed E-state index contributed by atoms with van der Waals surface area (Å²) >= 11 is 0. The molecule has 1 saturated carbocycles. The van der Waals surface area contributed by atoms with Gasteiger partial charge in [-0.25, -0.2) is 0 Å². The third-order valence-electron chi connectivity index (χ3n) is 6.60. The lowest BCUT2D eigenvalue weighted by Crippen LogP contribution is -2.42. The predicted octanol–water partition coefficient (Wildman–Crippen LogP) is 4.24. The highest BCUT2D eigenvalue weighted by atomic mass is 16.2. The minimum atomic E-state index is -0.701. The van der Waals surface area contributed by atoms with Crippen molar-refractivity contribution in [3.63, 3.8) is 0 Å². The number of hydrogen-bond donors (Lipinski definition) is 2. The van der Waals surface area contributed by atoms with Gasteiger partial charge in [0.2, 0.25) is 11.8 Å². The second-order valence-corrected chi connectivity index (χ2v) is 9.08. The number of amides is 3. The van der Waals surface area contributed by atoms with E-state index in [0.29, 0.717) is 30.1 Å². The highest BCUT2D eigenvalue weighted by Crippen LogP contribution is 2.30. The number of carbonyl (C=O) groups is 3. The second kappa shape index (κ2) is 10.6. The molecule has 2 aromatic carbocycles. The molecule has 1 aliphatic carbocycles. The summed E-state index contributed by atoms with van der Waals surface area (Å²) in [5.41, 5.74) is 3.00. The molecular weight excluding hydrogens is 428 g/mol. The molecule has 34 heavy (non-hydrogen) atoms. The Morgan fingerprint density at radius 1 is 1.12 bits per heavy atom. The fraction of sp³-hybridized carbons (Fsp3) is 0.407. The van der Waals surface area contributed by atoms with E-state index in [9.17, 15) is 14.4 Å². The van der Waals surface area contributed by atoms with Crippen molar-refractivity contribution in [2.75, 3.05) is 16.8 Å². The summed E-state index contributed by atoms with van der Waals surface area (Å²) in [5, 5.41) is 5.67. The van der Waals surface area contributed by atoms with Crippen molar-refractivity contribution >= 4 is 35.3 Å². The van der Waals surface area contributed by atoms with Gasteiger partial charge >= 0.3 is 0 Å². The summed E-state index contributed by atoms with van der Waals surface area (Å²) in [6, 6.07) is 13.5. The molecule has 178 valence electrons. The van der Waals surface area contributed by atoms with E-state index in [1.54, 1.807) is 36.2 Å². The zero-order valence-electron chi connectivity index (χ0n) is 19.8. The first kappa shape index (κ1) is 23.7. The summed E-state index contributed by atoms with van der Waals surface area (Å²) in [4.78, 5) is 44.6. The number of likely N-dealkylation sites (N-methyl/N-ethyl adjacent to an activating group) is 1. The topological polar surface area (TPSA) is 90.9 Å². The fourth-order valence-electron chi connectivity index (χ4n) is 4.76. The van der Waals surface area contributed by atoms with Crippen LogP contribution in [0.15, 0.2) is 53.5 Å². The zero-order chi connectivity index (χ0) is 24.1. The number of para-hydroxylation sites is 1. The summed E-state index contributed by atoms with van der Waals surface area (Å²) in [6.07, 6.45) is 6.75. The molecule has 2 N–H and O–H groups in total. The van der Waals surface area contributed by atoms with Gasteiger partial charge in [0.1, 0.15) is 6.04 Å². The van der Waals surface area contributed by atoms with Crippen molar-refractivity contribution < 1.29 is 14.4 Å². The molecule has 7 heteroatoms. The second-order valence-electron chi connectivity index (χ2n) is 9.08. The number of nitrogens with zero attached hydrogens (tertiary/aromatic N) is 2. The Bertz CT molecular complexity index is 1090. The van der Waals surface area contributed by atoms with Gasteiger partial charge in [-0.2, -0.15) is 0 Å². The van der Waals surface area contributed by atoms with Crippen molar-refractivity contribution in [1.82, 2.24) is 5.32 Å². The third kappa shape index (κ3) is 5.35. The normalized spacial score (nSPS) is 18.8. The number of benzodiazepines with no additional fused rings is 1. The van der Waals surface area contributed by atoms with E-state index in [2.05, 4.69) is 15.6 Å². The highest BCUT2D eigenvalue weighted by molar-refractivity contribution is 6.05. The number of benzene rings is 2. The minimum absolute atomic E-state index is 0.0825. The third-order valence-corrected chi connectivity index (χ3v) is 6.60. The average molecular weight is 461 g/mol. The number of rotatable bonds is 7. The van der Waals surface area contributed by atoms with Crippen LogP contribution < -0.4 is 15.5 Å². The Balaban J connectivity index is 1.44. The Hall–Kier alpha value is -3.48. The Morgan fingerprint density at radius 3 is 2.65 bits per heavy atom. The van der Waals surface area contributed by atoms with E-state index in [1.165, 1.54) is 12.8 Å². The predicted molar refractivity (Wildman–Crippen MR) is 134 cm³/mol. The molecular formula is C27H32N4O3. The van der Waals surface area contributed by atoms with Crippen LogP contribution in [0.1, 0.15) is 63.1 Å². The molecule has 7 nitrogen and oxygen atoms in total. The van der Waals surface area contributed by atoms with Gasteiger partial charge in [-0.1, -0.05) is 43.2 Å². The molecule has 0 saturated heterocycles. The quantitative estimate of drug-likeness (QED) is 0.648. The average Bonchev–Trinajstić information content (AvgIpc) is 3.28. The van der Waals surface area contributed by atoms with Crippen molar-refractivity contribution in [1.29, 1.82) is 0 Å². The molecule has 2 atom stereocenters. The van der Waals surface area contributed by atoms with E-state index in [4.69, 9.17) is 0 Å². The maximum Gasteiger partial charge on any atom is 0.256 e. The largest absolute Gasteiger partial charge is 0.345 e. The van der Waals surface area contributed by atoms with Crippen LogP contribution in [0.3, 0.4) is 0 Å². The first-order valence-corrected chi connectivity index (χ1v) is 12.1. The number of anilines is 2. The molecule has 3 amide bonds. The van der Waals surface area contributed by atoms with Crippen molar-refractivity contribution in [3.8, 4) is 0 Å². The van der Waals surface area contributed by atoms with Gasteiger partial charge in [0.25, 0.3) is 5.91 Å². The van der Waals surface area contributed by atoms with Crippen LogP contribution in [0.5, 0.6) is 0 Å². The zero-order valence-corrected chi connectivity index (χ0v) is 19.8. The van der Waals surface area contributed by atoms with Crippen LogP contribution >= 0.6 is 0 Å². The molecule has 1 fully saturated rings. The maximum absolute atomic E-state index is 13.3. The number of hydrogen-bond acceptors (Lipinski definition) is 4. The standard InChI is InChI=1S/C27H32N4O3/c1-3-31-23-14-7-6-11-21(23)17-28-25(27(31)34)20-12-8-13-22(16-20)30-26(33)18(2)29-24(32)15-19-9-4-5-10-19/h6-8,11-14,16-19,25H,3-5,9-10,15H2,1-2H3,(H,29,32)(H,30,33)/t18-,25?/m0/s1. The Morgan fingerprint density at radius 2 is 1.88 bits per heavy atom. The lowest BCUT2D eigenvalue weighted by Gasteiger charge is -2.24. The smallest absolute Gasteiger partial charge is 0.256 e. The molecule has 2 aliphatic rings. The Labute approximate surface area is 200 Å². The first-order valence-electron chi connectivity index (χ1n) is 12.1. The number of carbonyl (C=O) groups excluding carboxylic acids is 3. The van der Waals surface area contributed by atoms with Crippen LogP contribution in [0, 0.1) is 5.92 Å². The Kier molecular flexibility index (Phi) is 7.40. The molecule has 1 aliphatic heterocycles. The monoisotopic (exact) mass is 460 g/mol. The molecule has 0 spiro atoms. The SMILES string of the molecule is CCN1C(=O)C(c2cccc(NC(=O)[C@H](C)NC(=O)CC3CCCC3)c2)N=Cc2ccccc21. The van der Waals surface area contributed by atoms with Gasteiger partial charge in [-0.05, 0) is 56.4 Å². The van der Waals surface area contributed by atoms with E-state index < -0.39 is 12.1 Å². The van der Waals surface area contributed by atoms with Crippen molar-refractivity contribution in [2.24, 2.45) is 10.9 Å². The summed E-state index contributed by atoms with van der Waals surface area (Å²) in [6.45, 7) is 4.15. The van der Waals surface area contributed by atoms with Crippen LogP contribution in [0.25, 0.3) is 0 Å². The molecule has 2 aromatic rings. The van der Waals surface area contributed by atoms with Crippen molar-refractivity contribution in [2.45, 2.75) is 58.0 Å². The van der Waals surface area contributed by atoms with Crippen LogP contribution in [0.2, 0.25) is 0 Å². The van der Waals surface area contributed by atoms with Crippen LogP contribution in [-0.2, 0) is 14.4 Å². The van der Waals surface area contributed by atoms with Gasteiger partial charge in [0, 0.05) is 30.4 Å². The number of nitrogens with one attached hydrogen (secondary N) is 2. The minimum Gasteiger partial charge on any atom is -0.345 e. The summed E-state index contributed by atoms with van der Waals surface area (Å²) in [7, 11) is 0. The molecule has 1 heterocycles. The van der Waals surface area contributed by atoms with Crippen molar-refractivity contribution in [3.05, 3.63) is 59.7 Å². The molecule has 0 aromatic heterocycles. The van der Waals surface area contributed by atoms with E-state index >= 15 is 0 Å². The molecule has 0 radical (unpaired) electrons. The number of fused-ring (bicyclic) bond motifs is 1. The van der Waals surface area contributed by atoms with E-state index in [-0.39, 0.29) is 17.7 Å². The molecule has 0 bridgehead atoms. The first-order chi connectivity index (χ1) is 16.5. The summed E-state index contributed by atoms with van der Waals surface area (Å²) < 4.78 is 0. The van der Waals surface area contributed by atoms with E-state index in [1.807, 2.05) is 37.3 Å². The van der Waals surface area contributed by atoms with Crippen LogP contribution in [-0.4, -0.2) is 36.5 Å². The highest BCUT2D eigenvalue weighted by Gasteiger charge is 2.29. The van der Waals surface area contributed by atoms with Gasteiger partial charge in [-0.3, -0.25) is 19.4 Å². The molecule has 4 rings (SSSR count). The van der Waals surface area contributed by atoms with Gasteiger partial charge in [-0.15, -0.1) is 0 Å². The lowest BCUT2D eigenvalue weighted by atomic mass is 10.0. The van der Waals surface area contributed by atoms with E-state index in [0.717, 1.165) is 24.1 Å². The summed E-state index contributed by atoms with van der Waals surface area (Å²) in [5.74, 6) is -0.0609. The molecule has 1 unspecified atom stereocenters. The van der Waals surface area contributed by atoms with Gasteiger partial charge in [0.15, 0.2) is 6.04 Å². The number of aliphatic imine (C=N–C) groups is 1. The maximum atomic E-state index is 13.3. The van der Waals surface area contributed by atoms with Gasteiger partial charge < -0.3 is 15.5 Å². The lowest BCUT2D eigenvalue weighted by molar-refractivity contribution is -0.126. The van der Waals surface area contributed by atoms with Crippen LogP contribution in [0.4, 0.5) is 11.4 Å². The fourth-order valence-corrected chi connectivity index (χ4v) is 4.76.